The molecule has 0 saturated heterocycles. The minimum Gasteiger partial charge on any atom is -0.444 e. The smallest absolute Gasteiger partial charge is 0.416 e. The highest BCUT2D eigenvalue weighted by Gasteiger charge is 2.29. The number of carbonyl (C=O) groups excluding carboxylic acids is 1. The molecule has 0 atom stereocenters. The maximum atomic E-state index is 12.5. The van der Waals surface area contributed by atoms with Crippen LogP contribution in [0.3, 0.4) is 0 Å². The van der Waals surface area contributed by atoms with Crippen LogP contribution in [-0.4, -0.2) is 10.9 Å². The number of benzene rings is 2. The van der Waals surface area contributed by atoms with Gasteiger partial charge >= 0.3 is 6.18 Å². The van der Waals surface area contributed by atoms with Gasteiger partial charge in [0.15, 0.2) is 5.69 Å². The Morgan fingerprint density at radius 1 is 1.15 bits per heavy atom. The first-order valence-electron chi connectivity index (χ1n) is 7.59. The number of nitrogens with zero attached hydrogens (tertiary/aromatic N) is 1. The van der Waals surface area contributed by atoms with Gasteiger partial charge in [-0.15, -0.1) is 0 Å². The van der Waals surface area contributed by atoms with E-state index in [-0.39, 0.29) is 18.1 Å². The van der Waals surface area contributed by atoms with E-state index in [1.807, 2.05) is 0 Å². The number of halogens is 3. The molecule has 0 unspecified atom stereocenters. The molecule has 0 spiro atoms. The van der Waals surface area contributed by atoms with E-state index in [2.05, 4.69) is 10.3 Å². The number of hydrogen-bond acceptors (Lipinski definition) is 4. The summed E-state index contributed by atoms with van der Waals surface area (Å²) in [4.78, 5) is 16.2. The number of nitrogen functional groups attached to an aromatic ring is 1. The molecule has 5 nitrogen and oxygen atoms in total. The van der Waals surface area contributed by atoms with Crippen LogP contribution >= 0.6 is 0 Å². The van der Waals surface area contributed by atoms with Gasteiger partial charge in [-0.1, -0.05) is 18.2 Å². The average molecular weight is 361 g/mol. The Bertz CT molecular complexity index is 918. The van der Waals surface area contributed by atoms with Crippen molar-refractivity contribution < 1.29 is 22.4 Å². The van der Waals surface area contributed by atoms with Crippen molar-refractivity contribution in [3.05, 3.63) is 71.6 Å². The van der Waals surface area contributed by atoms with E-state index >= 15 is 0 Å². The van der Waals surface area contributed by atoms with Crippen molar-refractivity contribution in [1.29, 1.82) is 0 Å². The van der Waals surface area contributed by atoms with E-state index in [0.717, 1.165) is 12.1 Å². The Kier molecular flexibility index (Phi) is 4.66. The molecular formula is C18H14F3N3O2. The van der Waals surface area contributed by atoms with E-state index in [0.29, 0.717) is 16.8 Å². The fourth-order valence-electron chi connectivity index (χ4n) is 2.27. The van der Waals surface area contributed by atoms with Gasteiger partial charge in [-0.25, -0.2) is 4.98 Å². The maximum absolute atomic E-state index is 12.5. The van der Waals surface area contributed by atoms with E-state index in [4.69, 9.17) is 10.2 Å². The molecule has 0 aliphatic carbocycles. The van der Waals surface area contributed by atoms with Crippen LogP contribution in [-0.2, 0) is 12.7 Å². The molecular weight excluding hydrogens is 347 g/mol. The molecule has 0 aliphatic rings. The van der Waals surface area contributed by atoms with E-state index in [1.54, 1.807) is 24.3 Å². The molecule has 3 aromatic rings. The quantitative estimate of drug-likeness (QED) is 0.691. The highest BCUT2D eigenvalue weighted by molar-refractivity contribution is 5.92. The Labute approximate surface area is 146 Å². The lowest BCUT2D eigenvalue weighted by molar-refractivity contribution is -0.137. The maximum Gasteiger partial charge on any atom is 0.416 e. The monoisotopic (exact) mass is 361 g/mol. The highest BCUT2D eigenvalue weighted by atomic mass is 19.4. The summed E-state index contributed by atoms with van der Waals surface area (Å²) in [6.07, 6.45) is -3.18. The van der Waals surface area contributed by atoms with Crippen LogP contribution < -0.4 is 11.1 Å². The molecule has 1 amide bonds. The van der Waals surface area contributed by atoms with Gasteiger partial charge in [-0.05, 0) is 35.9 Å². The molecule has 0 bridgehead atoms. The summed E-state index contributed by atoms with van der Waals surface area (Å²) in [7, 11) is 0. The predicted molar refractivity (Wildman–Crippen MR) is 89.0 cm³/mol. The zero-order chi connectivity index (χ0) is 18.7. The summed E-state index contributed by atoms with van der Waals surface area (Å²) in [5.74, 6) is -0.249. The minimum atomic E-state index is -4.39. The number of amides is 1. The molecule has 2 aromatic carbocycles. The molecule has 0 saturated carbocycles. The van der Waals surface area contributed by atoms with Crippen LogP contribution in [0, 0.1) is 0 Å². The van der Waals surface area contributed by atoms with E-state index in [9.17, 15) is 18.0 Å². The lowest BCUT2D eigenvalue weighted by Crippen LogP contribution is -2.23. The Balaban J connectivity index is 1.64. The van der Waals surface area contributed by atoms with Crippen LogP contribution in [0.1, 0.15) is 21.6 Å². The minimum absolute atomic E-state index is 0.0642. The van der Waals surface area contributed by atoms with Crippen molar-refractivity contribution in [2.75, 3.05) is 5.73 Å². The summed E-state index contributed by atoms with van der Waals surface area (Å²) in [5.41, 5.74) is 6.72. The third-order valence-corrected chi connectivity index (χ3v) is 3.60. The van der Waals surface area contributed by atoms with Gasteiger partial charge < -0.3 is 15.5 Å². The molecule has 3 rings (SSSR count). The molecule has 8 heteroatoms. The van der Waals surface area contributed by atoms with Crippen molar-refractivity contribution >= 4 is 11.6 Å². The largest absolute Gasteiger partial charge is 0.444 e. The topological polar surface area (TPSA) is 81.1 Å². The van der Waals surface area contributed by atoms with E-state index in [1.165, 1.54) is 18.4 Å². The molecule has 0 radical (unpaired) electrons. The molecule has 26 heavy (non-hydrogen) atoms. The second kappa shape index (κ2) is 6.91. The summed E-state index contributed by atoms with van der Waals surface area (Å²) >= 11 is 0. The zero-order valence-corrected chi connectivity index (χ0v) is 13.4. The number of nitrogens with one attached hydrogen (secondary N) is 1. The first kappa shape index (κ1) is 17.5. The lowest BCUT2D eigenvalue weighted by Gasteiger charge is -2.08. The van der Waals surface area contributed by atoms with Gasteiger partial charge in [0.25, 0.3) is 5.91 Å². The highest BCUT2D eigenvalue weighted by Crippen LogP contribution is 2.29. The van der Waals surface area contributed by atoms with Gasteiger partial charge in [-0.2, -0.15) is 13.2 Å². The molecule has 3 N–H and O–H groups in total. The molecule has 0 fully saturated rings. The van der Waals surface area contributed by atoms with Crippen molar-refractivity contribution in [3.8, 4) is 11.5 Å². The summed E-state index contributed by atoms with van der Waals surface area (Å²) in [6, 6.07) is 11.4. The second-order valence-electron chi connectivity index (χ2n) is 5.54. The fraction of sp³-hybridized carbons (Fsp3) is 0.111. The third kappa shape index (κ3) is 4.02. The summed E-state index contributed by atoms with van der Waals surface area (Å²) in [5, 5.41) is 2.58. The van der Waals surface area contributed by atoms with Gasteiger partial charge in [0.05, 0.1) is 5.56 Å². The van der Waals surface area contributed by atoms with Crippen LogP contribution in [0.25, 0.3) is 11.5 Å². The number of oxazole rings is 1. The number of anilines is 1. The van der Waals surface area contributed by atoms with Crippen LogP contribution in [0.4, 0.5) is 18.9 Å². The number of nitrogens with two attached hydrogens (primary N) is 1. The normalized spacial score (nSPS) is 11.3. The Hall–Kier alpha value is -3.29. The number of carbonyl (C=O) groups is 1. The molecule has 0 aliphatic heterocycles. The van der Waals surface area contributed by atoms with Crippen molar-refractivity contribution in [3.63, 3.8) is 0 Å². The van der Waals surface area contributed by atoms with Gasteiger partial charge in [0.1, 0.15) is 6.26 Å². The number of hydrogen-bond donors (Lipinski definition) is 2. The van der Waals surface area contributed by atoms with Crippen LogP contribution in [0.15, 0.2) is 59.2 Å². The Morgan fingerprint density at radius 3 is 2.54 bits per heavy atom. The molecule has 1 heterocycles. The first-order chi connectivity index (χ1) is 12.3. The molecule has 1 aromatic heterocycles. The first-order valence-corrected chi connectivity index (χ1v) is 7.59. The zero-order valence-electron chi connectivity index (χ0n) is 13.4. The lowest BCUT2D eigenvalue weighted by atomic mass is 10.1. The van der Waals surface area contributed by atoms with Crippen molar-refractivity contribution in [2.24, 2.45) is 0 Å². The van der Waals surface area contributed by atoms with Gasteiger partial charge in [0, 0.05) is 17.8 Å². The van der Waals surface area contributed by atoms with E-state index < -0.39 is 17.6 Å². The number of alkyl halides is 3. The predicted octanol–water partition coefficient (Wildman–Crippen LogP) is 3.87. The van der Waals surface area contributed by atoms with Crippen molar-refractivity contribution in [2.45, 2.75) is 12.7 Å². The van der Waals surface area contributed by atoms with Gasteiger partial charge in [0.2, 0.25) is 5.89 Å². The number of aromatic nitrogens is 1. The van der Waals surface area contributed by atoms with Crippen molar-refractivity contribution in [1.82, 2.24) is 10.3 Å². The number of rotatable bonds is 4. The Morgan fingerprint density at radius 2 is 1.88 bits per heavy atom. The summed E-state index contributed by atoms with van der Waals surface area (Å²) < 4.78 is 42.9. The second-order valence-corrected chi connectivity index (χ2v) is 5.54. The van der Waals surface area contributed by atoms with Crippen LogP contribution in [0.5, 0.6) is 0 Å². The molecule has 134 valence electrons. The summed E-state index contributed by atoms with van der Waals surface area (Å²) in [6.45, 7) is 0.0669. The standard InChI is InChI=1S/C18H14F3N3O2/c19-18(20,21)13-6-4-11(5-7-13)9-23-16(25)15-10-26-17(24-15)12-2-1-3-14(22)8-12/h1-8,10H,9,22H2,(H,23,25). The SMILES string of the molecule is Nc1cccc(-c2nc(C(=O)NCc3ccc(C(F)(F)F)cc3)co2)c1. The third-order valence-electron chi connectivity index (χ3n) is 3.60. The average Bonchev–Trinajstić information content (AvgIpc) is 3.09. The van der Waals surface area contributed by atoms with Gasteiger partial charge in [-0.3, -0.25) is 4.79 Å². The van der Waals surface area contributed by atoms with Crippen LogP contribution in [0.2, 0.25) is 0 Å². The fourth-order valence-corrected chi connectivity index (χ4v) is 2.27.